The predicted molar refractivity (Wildman–Crippen MR) is 109 cm³/mol. The van der Waals surface area contributed by atoms with Crippen LogP contribution in [-0.2, 0) is 0 Å². The highest BCUT2D eigenvalue weighted by Crippen LogP contribution is 2.18. The molecule has 2 heterocycles. The highest BCUT2D eigenvalue weighted by Gasteiger charge is 2.22. The molecule has 1 aromatic carbocycles. The Morgan fingerprint density at radius 1 is 1.17 bits per heavy atom. The number of nitrogens with zero attached hydrogens (tertiary/aromatic N) is 2. The van der Waals surface area contributed by atoms with Crippen molar-refractivity contribution in [1.29, 1.82) is 0 Å². The number of carbonyl (C=O) groups excluding carboxylic acids is 2. The van der Waals surface area contributed by atoms with E-state index in [1.54, 1.807) is 25.3 Å². The van der Waals surface area contributed by atoms with Gasteiger partial charge in [0.15, 0.2) is 0 Å². The summed E-state index contributed by atoms with van der Waals surface area (Å²) in [6.07, 6.45) is 5.14. The fourth-order valence-electron chi connectivity index (χ4n) is 3.34. The summed E-state index contributed by atoms with van der Waals surface area (Å²) >= 11 is 0. The molecule has 0 radical (unpaired) electrons. The standard InChI is InChI=1S/C22H27N3O4/c1-16-4-3-10-25(15-16)22(27)18-12-17(13-23-14-18)21(26)24-9-11-29-20-7-5-19(28-2)6-8-20/h5-8,12-14,16H,3-4,9-11,15H2,1-2H3,(H,24,26). The van der Waals surface area contributed by atoms with Crippen molar-refractivity contribution >= 4 is 11.8 Å². The number of benzene rings is 1. The van der Waals surface area contributed by atoms with E-state index < -0.39 is 0 Å². The third-order valence-corrected chi connectivity index (χ3v) is 4.91. The number of aromatic nitrogens is 1. The summed E-state index contributed by atoms with van der Waals surface area (Å²) in [6.45, 7) is 4.32. The maximum atomic E-state index is 12.7. The van der Waals surface area contributed by atoms with E-state index in [9.17, 15) is 9.59 Å². The van der Waals surface area contributed by atoms with Gasteiger partial charge in [0.1, 0.15) is 18.1 Å². The Hall–Kier alpha value is -3.09. The maximum absolute atomic E-state index is 12.7. The quantitative estimate of drug-likeness (QED) is 0.727. The number of likely N-dealkylation sites (tertiary alicyclic amines) is 1. The van der Waals surface area contributed by atoms with E-state index in [2.05, 4.69) is 17.2 Å². The van der Waals surface area contributed by atoms with Gasteiger partial charge < -0.3 is 19.7 Å². The minimum Gasteiger partial charge on any atom is -0.497 e. The van der Waals surface area contributed by atoms with Gasteiger partial charge in [-0.05, 0) is 49.1 Å². The summed E-state index contributed by atoms with van der Waals surface area (Å²) in [5.41, 5.74) is 0.812. The van der Waals surface area contributed by atoms with Gasteiger partial charge in [0.05, 0.1) is 24.8 Å². The Morgan fingerprint density at radius 3 is 2.62 bits per heavy atom. The average molecular weight is 397 g/mol. The molecule has 1 unspecified atom stereocenters. The number of hydrogen-bond acceptors (Lipinski definition) is 5. The third-order valence-electron chi connectivity index (χ3n) is 4.91. The van der Waals surface area contributed by atoms with Crippen molar-refractivity contribution in [3.8, 4) is 11.5 Å². The summed E-state index contributed by atoms with van der Waals surface area (Å²) in [5, 5.41) is 2.79. The van der Waals surface area contributed by atoms with Crippen LogP contribution in [0.4, 0.5) is 0 Å². The van der Waals surface area contributed by atoms with Gasteiger partial charge in [-0.3, -0.25) is 14.6 Å². The molecule has 2 amide bonds. The summed E-state index contributed by atoms with van der Waals surface area (Å²) in [4.78, 5) is 31.0. The molecule has 0 aliphatic carbocycles. The van der Waals surface area contributed by atoms with Crippen molar-refractivity contribution in [3.63, 3.8) is 0 Å². The van der Waals surface area contributed by atoms with Crippen LogP contribution in [0.15, 0.2) is 42.7 Å². The number of methoxy groups -OCH3 is 1. The number of nitrogens with one attached hydrogen (secondary N) is 1. The van der Waals surface area contributed by atoms with Crippen molar-refractivity contribution < 1.29 is 19.1 Å². The normalized spacial score (nSPS) is 16.2. The largest absolute Gasteiger partial charge is 0.497 e. The molecule has 0 spiro atoms. The minimum atomic E-state index is -0.280. The predicted octanol–water partition coefficient (Wildman–Crippen LogP) is 2.77. The van der Waals surface area contributed by atoms with Crippen LogP contribution in [-0.4, -0.2) is 55.0 Å². The lowest BCUT2D eigenvalue weighted by atomic mass is 9.99. The van der Waals surface area contributed by atoms with Gasteiger partial charge in [-0.15, -0.1) is 0 Å². The molecule has 0 bridgehead atoms. The molecule has 3 rings (SSSR count). The van der Waals surface area contributed by atoms with Crippen LogP contribution in [0.1, 0.15) is 40.5 Å². The molecule has 7 heteroatoms. The second-order valence-electron chi connectivity index (χ2n) is 7.24. The fourth-order valence-corrected chi connectivity index (χ4v) is 3.34. The summed E-state index contributed by atoms with van der Waals surface area (Å²) in [5.74, 6) is 1.61. The zero-order valence-corrected chi connectivity index (χ0v) is 16.9. The van der Waals surface area contributed by atoms with Crippen LogP contribution >= 0.6 is 0 Å². The van der Waals surface area contributed by atoms with E-state index in [-0.39, 0.29) is 11.8 Å². The van der Waals surface area contributed by atoms with Crippen molar-refractivity contribution in [2.45, 2.75) is 19.8 Å². The Bertz CT molecular complexity index is 838. The van der Waals surface area contributed by atoms with Crippen LogP contribution in [0.5, 0.6) is 11.5 Å². The number of ether oxygens (including phenoxy) is 2. The number of carbonyl (C=O) groups is 2. The molecule has 1 N–H and O–H groups in total. The molecule has 1 aromatic heterocycles. The summed E-state index contributed by atoms with van der Waals surface area (Å²) < 4.78 is 10.7. The van der Waals surface area contributed by atoms with Crippen molar-refractivity contribution in [2.24, 2.45) is 5.92 Å². The molecule has 1 atom stereocenters. The topological polar surface area (TPSA) is 80.8 Å². The molecular formula is C22H27N3O4. The van der Waals surface area contributed by atoms with Crippen LogP contribution in [0, 0.1) is 5.92 Å². The van der Waals surface area contributed by atoms with E-state index in [1.807, 2.05) is 17.0 Å². The molecule has 1 fully saturated rings. The second kappa shape index (κ2) is 9.91. The number of piperidine rings is 1. The maximum Gasteiger partial charge on any atom is 0.255 e. The molecule has 2 aromatic rings. The Balaban J connectivity index is 1.50. The average Bonchev–Trinajstić information content (AvgIpc) is 2.76. The molecular weight excluding hydrogens is 370 g/mol. The minimum absolute atomic E-state index is 0.0680. The van der Waals surface area contributed by atoms with Gasteiger partial charge in [-0.25, -0.2) is 0 Å². The van der Waals surface area contributed by atoms with Gasteiger partial charge in [0.2, 0.25) is 0 Å². The monoisotopic (exact) mass is 397 g/mol. The van der Waals surface area contributed by atoms with E-state index in [1.165, 1.54) is 12.4 Å². The first-order valence-electron chi connectivity index (χ1n) is 9.86. The summed E-state index contributed by atoms with van der Waals surface area (Å²) in [7, 11) is 1.61. The Kier molecular flexibility index (Phi) is 7.05. The van der Waals surface area contributed by atoms with E-state index in [4.69, 9.17) is 9.47 Å². The molecule has 1 aliphatic rings. The van der Waals surface area contributed by atoms with Crippen LogP contribution < -0.4 is 14.8 Å². The van der Waals surface area contributed by atoms with Gasteiger partial charge in [0.25, 0.3) is 11.8 Å². The molecule has 154 valence electrons. The zero-order valence-electron chi connectivity index (χ0n) is 16.9. The molecule has 1 aliphatic heterocycles. The van der Waals surface area contributed by atoms with Gasteiger partial charge in [0, 0.05) is 25.5 Å². The lowest BCUT2D eigenvalue weighted by Gasteiger charge is -2.30. The van der Waals surface area contributed by atoms with Crippen molar-refractivity contribution in [3.05, 3.63) is 53.9 Å². The van der Waals surface area contributed by atoms with E-state index >= 15 is 0 Å². The lowest BCUT2D eigenvalue weighted by molar-refractivity contribution is 0.0682. The molecule has 1 saturated heterocycles. The molecule has 0 saturated carbocycles. The lowest BCUT2D eigenvalue weighted by Crippen LogP contribution is -2.39. The molecule has 7 nitrogen and oxygen atoms in total. The number of amides is 2. The van der Waals surface area contributed by atoms with Crippen LogP contribution in [0.2, 0.25) is 0 Å². The summed E-state index contributed by atoms with van der Waals surface area (Å²) in [6, 6.07) is 8.84. The highest BCUT2D eigenvalue weighted by molar-refractivity contribution is 5.99. The van der Waals surface area contributed by atoms with E-state index in [0.29, 0.717) is 35.9 Å². The second-order valence-corrected chi connectivity index (χ2v) is 7.24. The molecule has 29 heavy (non-hydrogen) atoms. The highest BCUT2D eigenvalue weighted by atomic mass is 16.5. The van der Waals surface area contributed by atoms with Gasteiger partial charge in [-0.2, -0.15) is 0 Å². The zero-order chi connectivity index (χ0) is 20.6. The van der Waals surface area contributed by atoms with Crippen molar-refractivity contribution in [2.75, 3.05) is 33.4 Å². The van der Waals surface area contributed by atoms with Crippen LogP contribution in [0.3, 0.4) is 0 Å². The SMILES string of the molecule is COc1ccc(OCCNC(=O)c2cncc(C(=O)N3CCCC(C)C3)c2)cc1. The number of hydrogen-bond donors (Lipinski definition) is 1. The van der Waals surface area contributed by atoms with Gasteiger partial charge >= 0.3 is 0 Å². The Labute approximate surface area is 171 Å². The van der Waals surface area contributed by atoms with Crippen molar-refractivity contribution in [1.82, 2.24) is 15.2 Å². The van der Waals surface area contributed by atoms with Crippen LogP contribution in [0.25, 0.3) is 0 Å². The first-order valence-corrected chi connectivity index (χ1v) is 9.86. The smallest absolute Gasteiger partial charge is 0.255 e. The first kappa shape index (κ1) is 20.6. The first-order chi connectivity index (χ1) is 14.1. The number of pyridine rings is 1. The van der Waals surface area contributed by atoms with Gasteiger partial charge in [-0.1, -0.05) is 6.92 Å². The number of rotatable bonds is 7. The fraction of sp³-hybridized carbons (Fsp3) is 0.409. The Morgan fingerprint density at radius 2 is 1.90 bits per heavy atom. The third kappa shape index (κ3) is 5.70. The van der Waals surface area contributed by atoms with E-state index in [0.717, 1.165) is 31.7 Å².